The Morgan fingerprint density at radius 1 is 1.00 bits per heavy atom. The Morgan fingerprint density at radius 2 is 1.74 bits per heavy atom. The highest BCUT2D eigenvalue weighted by molar-refractivity contribution is 6.08. The lowest BCUT2D eigenvalue weighted by molar-refractivity contribution is -0.113. The minimum Gasteiger partial charge on any atom is -0.490 e. The smallest absolute Gasteiger partial charge is 0.251 e. The van der Waals surface area contributed by atoms with Crippen LogP contribution >= 0.6 is 0 Å². The molecule has 1 N–H and O–H groups in total. The van der Waals surface area contributed by atoms with Crippen molar-refractivity contribution in [2.75, 3.05) is 56.8 Å². The third-order valence-corrected chi connectivity index (χ3v) is 8.53. The lowest BCUT2D eigenvalue weighted by atomic mass is 9.99. The van der Waals surface area contributed by atoms with Gasteiger partial charge in [0.1, 0.15) is 6.61 Å². The first-order chi connectivity index (χ1) is 22.8. The van der Waals surface area contributed by atoms with Crippen LogP contribution in [0.4, 0.5) is 11.4 Å². The number of hydrogen-bond donors (Lipinski definition) is 1. The quantitative estimate of drug-likeness (QED) is 0.158. The van der Waals surface area contributed by atoms with Crippen molar-refractivity contribution >= 4 is 29.8 Å². The third-order valence-electron chi connectivity index (χ3n) is 8.53. The molecule has 1 fully saturated rings. The molecular weight excluding hydrogens is 594 g/mol. The van der Waals surface area contributed by atoms with Crippen LogP contribution in [0.15, 0.2) is 66.2 Å². The average molecular weight is 642 g/mol. The number of fused-ring (bicyclic) bond motifs is 1. The molecule has 0 aromatic heterocycles. The second-order valence-electron chi connectivity index (χ2n) is 12.3. The molecule has 0 spiro atoms. The summed E-state index contributed by atoms with van der Waals surface area (Å²) in [5, 5.41) is 3.06. The second kappa shape index (κ2) is 16.6. The van der Waals surface area contributed by atoms with Gasteiger partial charge in [-0.3, -0.25) is 14.5 Å². The Morgan fingerprint density at radius 3 is 2.47 bits per heavy atom. The van der Waals surface area contributed by atoms with Gasteiger partial charge in [0.2, 0.25) is 6.41 Å². The van der Waals surface area contributed by atoms with Crippen LogP contribution in [-0.4, -0.2) is 76.0 Å². The van der Waals surface area contributed by atoms with Gasteiger partial charge in [0.15, 0.2) is 11.5 Å². The van der Waals surface area contributed by atoms with E-state index in [-0.39, 0.29) is 12.0 Å². The first kappa shape index (κ1) is 34.2. The molecule has 0 radical (unpaired) electrons. The van der Waals surface area contributed by atoms with Gasteiger partial charge in [0.05, 0.1) is 25.0 Å². The number of ether oxygens (including phenoxy) is 4. The van der Waals surface area contributed by atoms with Crippen LogP contribution < -0.4 is 19.7 Å². The van der Waals surface area contributed by atoms with Crippen LogP contribution in [-0.2, 0) is 25.6 Å². The zero-order chi connectivity index (χ0) is 33.2. The molecule has 9 heteroatoms. The Balaban J connectivity index is 1.31. The van der Waals surface area contributed by atoms with Crippen molar-refractivity contribution in [3.05, 3.63) is 77.4 Å². The van der Waals surface area contributed by atoms with Gasteiger partial charge in [-0.25, -0.2) is 0 Å². The maximum Gasteiger partial charge on any atom is 0.251 e. The molecular formula is C38H47N3O6. The monoisotopic (exact) mass is 641 g/mol. The first-order valence-corrected chi connectivity index (χ1v) is 16.6. The van der Waals surface area contributed by atoms with Crippen molar-refractivity contribution in [2.24, 2.45) is 0 Å². The summed E-state index contributed by atoms with van der Waals surface area (Å²) in [6, 6.07) is 20.3. The van der Waals surface area contributed by atoms with E-state index in [9.17, 15) is 9.59 Å². The highest BCUT2D eigenvalue weighted by atomic mass is 16.5. The van der Waals surface area contributed by atoms with E-state index in [1.165, 1.54) is 5.56 Å². The van der Waals surface area contributed by atoms with E-state index in [1.54, 1.807) is 4.90 Å². The molecule has 1 saturated heterocycles. The van der Waals surface area contributed by atoms with Crippen molar-refractivity contribution in [2.45, 2.75) is 58.7 Å². The van der Waals surface area contributed by atoms with Gasteiger partial charge in [-0.2, -0.15) is 0 Å². The van der Waals surface area contributed by atoms with Crippen LogP contribution in [0.1, 0.15) is 51.2 Å². The predicted molar refractivity (Wildman–Crippen MR) is 186 cm³/mol. The molecule has 250 valence electrons. The van der Waals surface area contributed by atoms with Crippen LogP contribution in [0.2, 0.25) is 0 Å². The highest BCUT2D eigenvalue weighted by Gasteiger charge is 2.21. The summed E-state index contributed by atoms with van der Waals surface area (Å²) in [5.41, 5.74) is 5.97. The summed E-state index contributed by atoms with van der Waals surface area (Å²) in [5.74, 6) is 1.13. The fourth-order valence-electron chi connectivity index (χ4n) is 5.98. The summed E-state index contributed by atoms with van der Waals surface area (Å²) in [7, 11) is 2.16. The predicted octanol–water partition coefficient (Wildman–Crippen LogP) is 6.56. The molecule has 0 saturated carbocycles. The minimum atomic E-state index is -0.178. The molecule has 2 aliphatic rings. The number of nitrogens with zero attached hydrogens (tertiary/aromatic N) is 2. The van der Waals surface area contributed by atoms with E-state index in [0.717, 1.165) is 67.1 Å². The van der Waals surface area contributed by atoms with Gasteiger partial charge in [-0.15, -0.1) is 0 Å². The number of nitrogens with one attached hydrogen (secondary N) is 1. The zero-order valence-electron chi connectivity index (χ0n) is 28.0. The number of carbonyl (C=O) groups excluding carboxylic acids is 2. The Kier molecular flexibility index (Phi) is 12.1. The Labute approximate surface area is 278 Å². The molecule has 0 bridgehead atoms. The van der Waals surface area contributed by atoms with E-state index in [4.69, 9.17) is 18.9 Å². The maximum atomic E-state index is 13.5. The van der Waals surface area contributed by atoms with Crippen molar-refractivity contribution in [1.29, 1.82) is 0 Å². The Bertz CT molecular complexity index is 1530. The molecule has 2 heterocycles. The number of hydrogen-bond acceptors (Lipinski definition) is 7. The van der Waals surface area contributed by atoms with Crippen molar-refractivity contribution < 1.29 is 28.5 Å². The minimum absolute atomic E-state index is 0.141. The molecule has 5 rings (SSSR count). The number of carbonyl (C=O) groups is 2. The van der Waals surface area contributed by atoms with Gasteiger partial charge >= 0.3 is 0 Å². The van der Waals surface area contributed by atoms with Crippen LogP contribution in [0.5, 0.6) is 11.5 Å². The summed E-state index contributed by atoms with van der Waals surface area (Å²) in [6.45, 7) is 10.2. The molecule has 0 atom stereocenters. The van der Waals surface area contributed by atoms with E-state index in [1.807, 2.05) is 75.4 Å². The number of anilines is 2. The Hall–Kier alpha value is -4.18. The molecule has 9 nitrogen and oxygen atoms in total. The molecule has 2 aliphatic heterocycles. The van der Waals surface area contributed by atoms with Crippen LogP contribution in [0.3, 0.4) is 0 Å². The molecule has 3 aromatic rings. The number of rotatable bonds is 14. The summed E-state index contributed by atoms with van der Waals surface area (Å²) in [6.07, 6.45) is 5.40. The van der Waals surface area contributed by atoms with Gasteiger partial charge < -0.3 is 29.2 Å². The van der Waals surface area contributed by atoms with Gasteiger partial charge in [0, 0.05) is 43.6 Å². The van der Waals surface area contributed by atoms with Gasteiger partial charge in [0.25, 0.3) is 5.91 Å². The normalized spacial score (nSPS) is 15.2. The summed E-state index contributed by atoms with van der Waals surface area (Å²) < 4.78 is 23.0. The maximum absolute atomic E-state index is 13.5. The third kappa shape index (κ3) is 9.22. The second-order valence-corrected chi connectivity index (χ2v) is 12.3. The standard InChI is InChI=1S/C38H47N3O6/c1-5-45-37-24-30(9-13-36(37)47-21-20-46-27(2)3)29-8-12-35-32(22-29)23-31(14-17-41(35)26-42)38(43)39-33-10-6-28(7-11-33)25-40(4)34-15-18-44-19-16-34/h6-13,22-24,26-27,34H,5,14-21,25H2,1-4H3,(H,39,43). The number of amides is 2. The van der Waals surface area contributed by atoms with E-state index in [0.29, 0.717) is 55.9 Å². The zero-order valence-corrected chi connectivity index (χ0v) is 28.0. The lowest BCUT2D eigenvalue weighted by Crippen LogP contribution is -2.36. The highest BCUT2D eigenvalue weighted by Crippen LogP contribution is 2.36. The van der Waals surface area contributed by atoms with Crippen molar-refractivity contribution in [3.63, 3.8) is 0 Å². The summed E-state index contributed by atoms with van der Waals surface area (Å²) >= 11 is 0. The van der Waals surface area contributed by atoms with Crippen LogP contribution in [0, 0.1) is 0 Å². The average Bonchev–Trinajstić information content (AvgIpc) is 3.27. The van der Waals surface area contributed by atoms with Crippen molar-refractivity contribution in [1.82, 2.24) is 4.90 Å². The fraction of sp³-hybridized carbons (Fsp3) is 0.421. The first-order valence-electron chi connectivity index (χ1n) is 16.6. The van der Waals surface area contributed by atoms with E-state index < -0.39 is 0 Å². The SMILES string of the molecule is CCOc1cc(-c2ccc3c(c2)C=C(C(=O)Nc2ccc(CN(C)C4CCOCC4)cc2)CCN3C=O)ccc1OCCOC(C)C. The number of benzene rings is 3. The molecule has 0 aliphatic carbocycles. The van der Waals surface area contributed by atoms with Gasteiger partial charge in [-0.05, 0) is 112 Å². The van der Waals surface area contributed by atoms with E-state index in [2.05, 4.69) is 29.4 Å². The van der Waals surface area contributed by atoms with Crippen molar-refractivity contribution in [3.8, 4) is 22.6 Å². The molecule has 2 amide bonds. The molecule has 47 heavy (non-hydrogen) atoms. The summed E-state index contributed by atoms with van der Waals surface area (Å²) in [4.78, 5) is 29.6. The topological polar surface area (TPSA) is 89.6 Å². The largest absolute Gasteiger partial charge is 0.490 e. The van der Waals surface area contributed by atoms with E-state index >= 15 is 0 Å². The molecule has 3 aromatic carbocycles. The van der Waals surface area contributed by atoms with Gasteiger partial charge in [-0.1, -0.05) is 24.3 Å². The fourth-order valence-corrected chi connectivity index (χ4v) is 5.98. The molecule has 0 unspecified atom stereocenters. The van der Waals surface area contributed by atoms with Crippen LogP contribution in [0.25, 0.3) is 17.2 Å². The lowest BCUT2D eigenvalue weighted by Gasteiger charge is -2.31.